The van der Waals surface area contributed by atoms with Gasteiger partial charge in [0.1, 0.15) is 13.2 Å². The fourth-order valence-electron chi connectivity index (χ4n) is 4.84. The second-order valence-corrected chi connectivity index (χ2v) is 14.7. The van der Waals surface area contributed by atoms with Gasteiger partial charge in [0.2, 0.25) is 0 Å². The van der Waals surface area contributed by atoms with Crippen LogP contribution in [0.2, 0.25) is 0 Å². The van der Waals surface area contributed by atoms with E-state index in [9.17, 15) is 28.6 Å². The average molecular weight is 850 g/mol. The summed E-state index contributed by atoms with van der Waals surface area (Å²) in [6.07, 6.45) is 18.1. The molecule has 3 atom stereocenters. The summed E-state index contributed by atoms with van der Waals surface area (Å²) in [5.41, 5.74) is 5.47. The van der Waals surface area contributed by atoms with Crippen LogP contribution in [0.15, 0.2) is 0 Å². The molecule has 0 aromatic carbocycles. The molecule has 14 heteroatoms. The first kappa shape index (κ1) is 54.9. The first-order valence-corrected chi connectivity index (χ1v) is 22.1. The number of rotatable bonds is 32. The molecule has 0 aliphatic carbocycles. The molecule has 0 amide bonds. The van der Waals surface area contributed by atoms with Gasteiger partial charge in [0.05, 0.1) is 13.2 Å². The van der Waals surface area contributed by atoms with Crippen molar-refractivity contribution in [1.29, 1.82) is 0 Å². The van der Waals surface area contributed by atoms with Crippen LogP contribution in [0.25, 0.3) is 0 Å². The van der Waals surface area contributed by atoms with Crippen LogP contribution in [0.5, 0.6) is 0 Å². The zero-order valence-electron chi connectivity index (χ0n) is 35.2. The van der Waals surface area contributed by atoms with Crippen molar-refractivity contribution in [2.75, 3.05) is 33.0 Å². The molecule has 0 aliphatic rings. The lowest BCUT2D eigenvalue weighted by Crippen LogP contribution is -2.31. The van der Waals surface area contributed by atoms with E-state index in [-0.39, 0.29) is 19.3 Å². The molecule has 0 saturated heterocycles. The maximum absolute atomic E-state index is 12.9. The van der Waals surface area contributed by atoms with Crippen LogP contribution >= 0.6 is 7.82 Å². The molecule has 0 bridgehead atoms. The highest BCUT2D eigenvalue weighted by atomic mass is 31.2. The molecule has 0 fully saturated rings. The Morgan fingerprint density at radius 3 is 1.40 bits per heavy atom. The summed E-state index contributed by atoms with van der Waals surface area (Å²) in [5, 5.41) is 0. The molecular formula is C46H60NO12P. The number of ether oxygens (including phenoxy) is 4. The molecule has 0 heterocycles. The maximum Gasteiger partial charge on any atom is 0.472 e. The van der Waals surface area contributed by atoms with Crippen LogP contribution in [0, 0.1) is 83.4 Å². The van der Waals surface area contributed by atoms with Gasteiger partial charge >= 0.3 is 31.7 Å². The minimum Gasteiger partial charge on any atom is -0.462 e. The van der Waals surface area contributed by atoms with Crippen molar-refractivity contribution < 1.29 is 56.6 Å². The third-order valence-corrected chi connectivity index (χ3v) is 8.89. The van der Waals surface area contributed by atoms with Crippen LogP contribution < -0.4 is 5.73 Å². The Hall–Kier alpha value is -5.13. The summed E-state index contributed by atoms with van der Waals surface area (Å²) < 4.78 is 44.2. The summed E-state index contributed by atoms with van der Waals surface area (Å²) in [7, 11) is -4.89. The summed E-state index contributed by atoms with van der Waals surface area (Å²) in [6.45, 7) is 2.20. The standard InChI is InChI=1S/C46H60NO12P/c1-4-7-10-12-14-16-18-20-21-23-25-28-32-43(48)54-37-42(59-46(51)35-29-26-24-22-19-17-15-13-11-8-5-2)40-57-60(52,53)56-39-41(58-45(50)34-27-9-6-3)38-55-44(49)33-30-31-36-47/h1,41-42H,5-6,8-9,11,13,15,17,19,22,24,26-27,29-31,33-40,47H2,2-3H3,(H,52,53)/t41?,42-/m1/s1. The van der Waals surface area contributed by atoms with Gasteiger partial charge in [-0.05, 0) is 103 Å². The number of nitrogens with two attached hydrogens (primary N) is 1. The number of esters is 4. The van der Waals surface area contributed by atoms with Gasteiger partial charge in [-0.2, -0.15) is 0 Å². The van der Waals surface area contributed by atoms with Gasteiger partial charge in [-0.3, -0.25) is 23.4 Å². The number of terminal acetylenes is 1. The molecule has 3 N–H and O–H groups in total. The van der Waals surface area contributed by atoms with E-state index in [4.69, 9.17) is 40.2 Å². The van der Waals surface area contributed by atoms with Crippen LogP contribution in [0.1, 0.15) is 136 Å². The number of phosphoric ester groups is 1. The van der Waals surface area contributed by atoms with Gasteiger partial charge < -0.3 is 29.6 Å². The Kier molecular flexibility index (Phi) is 36.0. The van der Waals surface area contributed by atoms with Crippen molar-refractivity contribution >= 4 is 31.7 Å². The predicted molar refractivity (Wildman–Crippen MR) is 227 cm³/mol. The van der Waals surface area contributed by atoms with Crippen molar-refractivity contribution in [3.05, 3.63) is 0 Å². The fraction of sp³-hybridized carbons (Fsp3) is 0.609. The van der Waals surface area contributed by atoms with Crippen molar-refractivity contribution in [2.24, 2.45) is 5.73 Å². The number of unbranched alkanes of at least 4 members (excludes halogenated alkanes) is 13. The molecule has 0 aliphatic heterocycles. The van der Waals surface area contributed by atoms with Gasteiger partial charge in [0, 0.05) is 25.2 Å². The Balaban J connectivity index is 5.44. The van der Waals surface area contributed by atoms with E-state index in [1.807, 2.05) is 6.92 Å². The van der Waals surface area contributed by atoms with Gasteiger partial charge in [0.15, 0.2) is 12.2 Å². The monoisotopic (exact) mass is 849 g/mol. The van der Waals surface area contributed by atoms with Crippen LogP contribution in [0.4, 0.5) is 0 Å². The van der Waals surface area contributed by atoms with E-state index >= 15 is 0 Å². The van der Waals surface area contributed by atoms with Crippen molar-refractivity contribution in [2.45, 2.75) is 148 Å². The highest BCUT2D eigenvalue weighted by molar-refractivity contribution is 7.47. The first-order chi connectivity index (χ1) is 29.1. The quantitative estimate of drug-likeness (QED) is 0.0198. The molecule has 0 radical (unpaired) electrons. The van der Waals surface area contributed by atoms with E-state index in [2.05, 4.69) is 83.9 Å². The SMILES string of the molecule is C#CC#CC#CC#CC#CC#CC#CC(=O)OC[C@H](COP(=O)(O)OCC(COC(=O)CCCCN)OC(=O)CCCCC)OC(=O)CCCCCCCCCCCCC. The van der Waals surface area contributed by atoms with E-state index < -0.39 is 70.3 Å². The minimum absolute atomic E-state index is 0.0677. The summed E-state index contributed by atoms with van der Waals surface area (Å²) in [5.74, 6) is 27.6. The summed E-state index contributed by atoms with van der Waals surface area (Å²) >= 11 is 0. The van der Waals surface area contributed by atoms with Crippen LogP contribution in [0.3, 0.4) is 0 Å². The lowest BCUT2D eigenvalue weighted by molar-refractivity contribution is -0.161. The molecule has 0 rings (SSSR count). The van der Waals surface area contributed by atoms with Gasteiger partial charge in [-0.15, -0.1) is 6.42 Å². The summed E-state index contributed by atoms with van der Waals surface area (Å²) in [4.78, 5) is 60.0. The van der Waals surface area contributed by atoms with E-state index in [1.165, 1.54) is 38.5 Å². The Morgan fingerprint density at radius 1 is 0.533 bits per heavy atom. The third-order valence-electron chi connectivity index (χ3n) is 7.94. The van der Waals surface area contributed by atoms with Crippen molar-refractivity contribution in [3.8, 4) is 83.4 Å². The second-order valence-electron chi connectivity index (χ2n) is 13.2. The highest BCUT2D eigenvalue weighted by Crippen LogP contribution is 2.43. The average Bonchev–Trinajstić information content (AvgIpc) is 3.22. The number of phosphoric acid groups is 1. The molecule has 0 aromatic rings. The van der Waals surface area contributed by atoms with Crippen molar-refractivity contribution in [1.82, 2.24) is 0 Å². The molecule has 326 valence electrons. The number of carbonyl (C=O) groups excluding carboxylic acids is 4. The Bertz CT molecular complexity index is 1770. The number of hydrogen-bond acceptors (Lipinski definition) is 12. The van der Waals surface area contributed by atoms with Gasteiger partial charge in [-0.1, -0.05) is 90.9 Å². The molecule has 0 spiro atoms. The zero-order chi connectivity index (χ0) is 44.4. The van der Waals surface area contributed by atoms with Gasteiger partial charge in [0.25, 0.3) is 0 Å². The normalized spacial score (nSPS) is 11.6. The van der Waals surface area contributed by atoms with Crippen molar-refractivity contribution in [3.63, 3.8) is 0 Å². The predicted octanol–water partition coefficient (Wildman–Crippen LogP) is 6.09. The molecule has 2 unspecified atom stereocenters. The minimum atomic E-state index is -4.89. The molecule has 13 nitrogen and oxygen atoms in total. The molecule has 0 aromatic heterocycles. The first-order valence-electron chi connectivity index (χ1n) is 20.6. The number of carbonyl (C=O) groups is 4. The molecule has 60 heavy (non-hydrogen) atoms. The highest BCUT2D eigenvalue weighted by Gasteiger charge is 2.29. The summed E-state index contributed by atoms with van der Waals surface area (Å²) in [6, 6.07) is 0. The number of hydrogen-bond donors (Lipinski definition) is 2. The smallest absolute Gasteiger partial charge is 0.462 e. The van der Waals surface area contributed by atoms with Gasteiger partial charge in [-0.25, -0.2) is 9.36 Å². The lowest BCUT2D eigenvalue weighted by atomic mass is 10.1. The second kappa shape index (κ2) is 39.3. The van der Waals surface area contributed by atoms with E-state index in [0.717, 1.165) is 38.5 Å². The molecule has 0 saturated carbocycles. The lowest BCUT2D eigenvalue weighted by Gasteiger charge is -2.21. The maximum atomic E-state index is 12.9. The Morgan fingerprint density at radius 2 is 0.917 bits per heavy atom. The topological polar surface area (TPSA) is 187 Å². The van der Waals surface area contributed by atoms with E-state index in [1.54, 1.807) is 0 Å². The Labute approximate surface area is 357 Å². The zero-order valence-corrected chi connectivity index (χ0v) is 36.1. The van der Waals surface area contributed by atoms with E-state index in [0.29, 0.717) is 32.2 Å². The third kappa shape index (κ3) is 37.2. The van der Waals surface area contributed by atoms with Crippen LogP contribution in [-0.2, 0) is 51.7 Å². The fourth-order valence-corrected chi connectivity index (χ4v) is 5.63. The molecular weight excluding hydrogens is 789 g/mol. The van der Waals surface area contributed by atoms with Crippen LogP contribution in [-0.4, -0.2) is 74.0 Å². The largest absolute Gasteiger partial charge is 0.472 e.